The quantitative estimate of drug-likeness (QED) is 0.526. The molecule has 0 aliphatic heterocycles. The van der Waals surface area contributed by atoms with E-state index < -0.39 is 0 Å². The van der Waals surface area contributed by atoms with Crippen LogP contribution in [-0.4, -0.2) is 16.5 Å². The number of aliphatic hydroxyl groups excluding tert-OH is 1. The van der Waals surface area contributed by atoms with Crippen LogP contribution in [0.15, 0.2) is 0 Å². The maximum atomic E-state index is 8.47. The molecule has 0 rings (SSSR count). The number of alkyl halides is 1. The molecule has 0 aromatic carbocycles. The van der Waals surface area contributed by atoms with Gasteiger partial charge in [-0.2, -0.15) is 0 Å². The van der Waals surface area contributed by atoms with Crippen molar-refractivity contribution in [2.24, 2.45) is 0 Å². The van der Waals surface area contributed by atoms with Crippen molar-refractivity contribution >= 4 is 15.9 Å². The van der Waals surface area contributed by atoms with Gasteiger partial charge in [-0.15, -0.1) is 0 Å². The van der Waals surface area contributed by atoms with Crippen LogP contribution in [0.2, 0.25) is 0 Å². The molecule has 0 radical (unpaired) electrons. The minimum atomic E-state index is 0.351. The minimum Gasteiger partial charge on any atom is -0.396 e. The highest BCUT2D eigenvalue weighted by Gasteiger charge is 1.94. The molecule has 1 N–H and O–H groups in total. The van der Waals surface area contributed by atoms with Crippen LogP contribution in [0.4, 0.5) is 0 Å². The number of halogens is 1. The summed E-state index contributed by atoms with van der Waals surface area (Å²) in [5.74, 6) is 0. The summed E-state index contributed by atoms with van der Waals surface area (Å²) in [4.78, 5) is 0.654. The van der Waals surface area contributed by atoms with Gasteiger partial charge in [-0.25, -0.2) is 0 Å². The Morgan fingerprint density at radius 2 is 1.80 bits per heavy atom. The predicted molar refractivity (Wildman–Crippen MR) is 48.6 cm³/mol. The molecule has 0 aromatic rings. The van der Waals surface area contributed by atoms with E-state index >= 15 is 0 Å². The van der Waals surface area contributed by atoms with Gasteiger partial charge in [0, 0.05) is 11.4 Å². The van der Waals surface area contributed by atoms with Crippen molar-refractivity contribution in [2.75, 3.05) is 6.61 Å². The smallest absolute Gasteiger partial charge is 0.0431 e. The minimum absolute atomic E-state index is 0.351. The van der Waals surface area contributed by atoms with Gasteiger partial charge in [0.15, 0.2) is 0 Å². The monoisotopic (exact) mass is 208 g/mol. The fourth-order valence-corrected chi connectivity index (χ4v) is 1.21. The van der Waals surface area contributed by atoms with Gasteiger partial charge in [0.05, 0.1) is 0 Å². The second kappa shape index (κ2) is 7.55. The first-order valence-electron chi connectivity index (χ1n) is 4.02. The Kier molecular flexibility index (Phi) is 7.88. The average molecular weight is 209 g/mol. The fourth-order valence-electron chi connectivity index (χ4n) is 0.891. The Morgan fingerprint density at radius 1 is 1.20 bits per heavy atom. The molecular weight excluding hydrogens is 192 g/mol. The van der Waals surface area contributed by atoms with Gasteiger partial charge in [0.2, 0.25) is 0 Å². The molecule has 0 spiro atoms. The van der Waals surface area contributed by atoms with Crippen LogP contribution < -0.4 is 0 Å². The van der Waals surface area contributed by atoms with Crippen molar-refractivity contribution < 1.29 is 5.11 Å². The topological polar surface area (TPSA) is 20.2 Å². The van der Waals surface area contributed by atoms with Crippen LogP contribution in [0.1, 0.15) is 39.0 Å². The van der Waals surface area contributed by atoms with Gasteiger partial charge in [-0.3, -0.25) is 0 Å². The summed E-state index contributed by atoms with van der Waals surface area (Å²) in [6, 6.07) is 0. The van der Waals surface area contributed by atoms with E-state index in [2.05, 4.69) is 22.9 Å². The molecule has 0 saturated carbocycles. The first kappa shape index (κ1) is 10.4. The number of aliphatic hydroxyl groups is 1. The van der Waals surface area contributed by atoms with Gasteiger partial charge in [0.25, 0.3) is 0 Å². The molecule has 0 bridgehead atoms. The molecule has 1 nitrogen and oxygen atoms in total. The Labute approximate surface area is 72.0 Å². The third kappa shape index (κ3) is 8.44. The molecule has 10 heavy (non-hydrogen) atoms. The molecule has 62 valence electrons. The Balaban J connectivity index is 2.77. The third-order valence-corrected chi connectivity index (χ3v) is 1.97. The van der Waals surface area contributed by atoms with E-state index in [0.717, 1.165) is 6.42 Å². The first-order chi connectivity index (χ1) is 4.77. The zero-order valence-electron chi connectivity index (χ0n) is 6.65. The fraction of sp³-hybridized carbons (Fsp3) is 1.00. The van der Waals surface area contributed by atoms with E-state index in [1.165, 1.54) is 25.7 Å². The molecule has 1 atom stereocenters. The van der Waals surface area contributed by atoms with Crippen LogP contribution in [-0.2, 0) is 0 Å². The highest BCUT2D eigenvalue weighted by Crippen LogP contribution is 2.10. The molecular formula is C8H17BrO. The standard InChI is InChI=1S/C8H17BrO/c1-8(9)6-4-2-3-5-7-10/h8,10H,2-7H2,1H3/t8-/m1/s1. The summed E-state index contributed by atoms with van der Waals surface area (Å²) in [6.07, 6.45) is 5.95. The number of hydrogen-bond acceptors (Lipinski definition) is 1. The molecule has 2 heteroatoms. The Morgan fingerprint density at radius 3 is 2.30 bits per heavy atom. The van der Waals surface area contributed by atoms with E-state index in [1.54, 1.807) is 0 Å². The Hall–Kier alpha value is 0.440. The van der Waals surface area contributed by atoms with Gasteiger partial charge >= 0.3 is 0 Å². The average Bonchev–Trinajstić information content (AvgIpc) is 1.87. The van der Waals surface area contributed by atoms with Crippen LogP contribution >= 0.6 is 15.9 Å². The van der Waals surface area contributed by atoms with Crippen molar-refractivity contribution in [3.63, 3.8) is 0 Å². The van der Waals surface area contributed by atoms with E-state index in [-0.39, 0.29) is 0 Å². The number of rotatable bonds is 6. The van der Waals surface area contributed by atoms with Crippen molar-refractivity contribution in [2.45, 2.75) is 43.9 Å². The second-order valence-electron chi connectivity index (χ2n) is 2.71. The maximum absolute atomic E-state index is 8.47. The lowest BCUT2D eigenvalue weighted by Gasteiger charge is -2.01. The molecule has 0 heterocycles. The van der Waals surface area contributed by atoms with Crippen molar-refractivity contribution in [3.8, 4) is 0 Å². The van der Waals surface area contributed by atoms with E-state index in [4.69, 9.17) is 5.11 Å². The summed E-state index contributed by atoms with van der Waals surface area (Å²) in [5, 5.41) is 8.47. The molecule has 0 aliphatic rings. The lowest BCUT2D eigenvalue weighted by Crippen LogP contribution is -1.90. The highest BCUT2D eigenvalue weighted by atomic mass is 79.9. The summed E-state index contributed by atoms with van der Waals surface area (Å²) in [7, 11) is 0. The van der Waals surface area contributed by atoms with E-state index in [9.17, 15) is 0 Å². The zero-order chi connectivity index (χ0) is 7.82. The number of hydrogen-bond donors (Lipinski definition) is 1. The molecule has 0 fully saturated rings. The van der Waals surface area contributed by atoms with Gasteiger partial charge in [0.1, 0.15) is 0 Å². The summed E-state index contributed by atoms with van der Waals surface area (Å²) >= 11 is 3.49. The summed E-state index contributed by atoms with van der Waals surface area (Å²) in [5.41, 5.74) is 0. The molecule has 0 saturated heterocycles. The molecule has 0 aliphatic carbocycles. The lowest BCUT2D eigenvalue weighted by atomic mass is 10.1. The SMILES string of the molecule is C[C@@H](Br)CCCCCCO. The van der Waals surface area contributed by atoms with Crippen LogP contribution in [0, 0.1) is 0 Å². The van der Waals surface area contributed by atoms with Gasteiger partial charge < -0.3 is 5.11 Å². The molecule has 0 aromatic heterocycles. The third-order valence-electron chi connectivity index (χ3n) is 1.51. The highest BCUT2D eigenvalue weighted by molar-refractivity contribution is 9.09. The van der Waals surface area contributed by atoms with E-state index in [1.807, 2.05) is 0 Å². The van der Waals surface area contributed by atoms with Crippen molar-refractivity contribution in [3.05, 3.63) is 0 Å². The van der Waals surface area contributed by atoms with Crippen molar-refractivity contribution in [1.29, 1.82) is 0 Å². The molecule has 0 amide bonds. The normalized spacial score (nSPS) is 13.5. The van der Waals surface area contributed by atoms with Crippen LogP contribution in [0.5, 0.6) is 0 Å². The van der Waals surface area contributed by atoms with E-state index in [0.29, 0.717) is 11.4 Å². The van der Waals surface area contributed by atoms with Crippen LogP contribution in [0.25, 0.3) is 0 Å². The number of unbranched alkanes of at least 4 members (excludes halogenated alkanes) is 3. The van der Waals surface area contributed by atoms with Gasteiger partial charge in [-0.05, 0) is 12.8 Å². The van der Waals surface area contributed by atoms with Crippen LogP contribution in [0.3, 0.4) is 0 Å². The largest absolute Gasteiger partial charge is 0.396 e. The lowest BCUT2D eigenvalue weighted by molar-refractivity contribution is 0.282. The molecule has 0 unspecified atom stereocenters. The van der Waals surface area contributed by atoms with Crippen molar-refractivity contribution in [1.82, 2.24) is 0 Å². The first-order valence-corrected chi connectivity index (χ1v) is 4.94. The summed E-state index contributed by atoms with van der Waals surface area (Å²) < 4.78 is 0. The summed E-state index contributed by atoms with van der Waals surface area (Å²) in [6.45, 7) is 2.52. The zero-order valence-corrected chi connectivity index (χ0v) is 8.23. The predicted octanol–water partition coefficient (Wildman–Crippen LogP) is 2.71. The Bertz CT molecular complexity index is 64.3. The van der Waals surface area contributed by atoms with Gasteiger partial charge in [-0.1, -0.05) is 42.1 Å². The maximum Gasteiger partial charge on any atom is 0.0431 e. The second-order valence-corrected chi connectivity index (χ2v) is 4.27.